The highest BCUT2D eigenvalue weighted by Crippen LogP contribution is 2.29. The third kappa shape index (κ3) is 2.09. The van der Waals surface area contributed by atoms with Gasteiger partial charge in [0, 0.05) is 23.0 Å². The summed E-state index contributed by atoms with van der Waals surface area (Å²) >= 11 is 5.87. The number of aromatic nitrogens is 1. The third-order valence-corrected chi connectivity index (χ3v) is 3.93. The van der Waals surface area contributed by atoms with Gasteiger partial charge in [-0.05, 0) is 18.2 Å². The van der Waals surface area contributed by atoms with Crippen LogP contribution in [0.15, 0.2) is 18.2 Å². The maximum Gasteiger partial charge on any atom is 0.266 e. The minimum Gasteiger partial charge on any atom is -0.364 e. The molecule has 0 fully saturated rings. The lowest BCUT2D eigenvalue weighted by molar-refractivity contribution is 0.0997. The maximum absolute atomic E-state index is 11.8. The van der Waals surface area contributed by atoms with Crippen molar-refractivity contribution in [2.75, 3.05) is 7.11 Å². The zero-order chi connectivity index (χ0) is 12.6. The predicted octanol–water partition coefficient (Wildman–Crippen LogP) is 1.67. The van der Waals surface area contributed by atoms with Gasteiger partial charge in [0.25, 0.3) is 5.91 Å². The third-order valence-electron chi connectivity index (χ3n) is 2.40. The number of halogens is 1. The number of benzene rings is 1. The lowest BCUT2D eigenvalue weighted by Gasteiger charge is -2.00. The van der Waals surface area contributed by atoms with Gasteiger partial charge >= 0.3 is 0 Å². The molecular formula is C10H10ClN2O3P. The quantitative estimate of drug-likeness (QED) is 0.834. The number of carbonyl (C=O) groups is 1. The summed E-state index contributed by atoms with van der Waals surface area (Å²) in [5.74, 6) is -0.678. The van der Waals surface area contributed by atoms with Crippen molar-refractivity contribution in [2.24, 2.45) is 5.73 Å². The fraction of sp³-hybridized carbons (Fsp3) is 0.100. The number of rotatable bonds is 3. The molecule has 3 N–H and O–H groups in total. The van der Waals surface area contributed by atoms with E-state index < -0.39 is 13.9 Å². The number of H-pyrrole nitrogens is 1. The highest BCUT2D eigenvalue weighted by Gasteiger charge is 2.20. The molecule has 2 aromatic rings. The Morgan fingerprint density at radius 2 is 2.24 bits per heavy atom. The Hall–Kier alpha value is -1.29. The Morgan fingerprint density at radius 1 is 1.53 bits per heavy atom. The average molecular weight is 273 g/mol. The molecule has 1 aromatic heterocycles. The molecule has 0 aliphatic rings. The van der Waals surface area contributed by atoms with Crippen LogP contribution in [0.3, 0.4) is 0 Å². The first-order valence-corrected chi connectivity index (χ1v) is 6.43. The zero-order valence-corrected chi connectivity index (χ0v) is 10.7. The van der Waals surface area contributed by atoms with E-state index in [1.807, 2.05) is 0 Å². The van der Waals surface area contributed by atoms with E-state index in [9.17, 15) is 9.36 Å². The van der Waals surface area contributed by atoms with Crippen LogP contribution in [-0.4, -0.2) is 18.0 Å². The van der Waals surface area contributed by atoms with Crippen molar-refractivity contribution < 1.29 is 13.9 Å². The maximum atomic E-state index is 11.8. The van der Waals surface area contributed by atoms with E-state index in [1.165, 1.54) is 7.11 Å². The van der Waals surface area contributed by atoms with Crippen LogP contribution in [0.1, 0.15) is 10.5 Å². The summed E-state index contributed by atoms with van der Waals surface area (Å²) < 4.78 is 16.6. The molecule has 0 aliphatic carbocycles. The van der Waals surface area contributed by atoms with Crippen LogP contribution in [0.5, 0.6) is 0 Å². The van der Waals surface area contributed by atoms with E-state index in [2.05, 4.69) is 4.98 Å². The SMILES string of the molecule is CO[PH](=O)c1c(C(N)=O)[nH]c2ccc(Cl)cc12. The highest BCUT2D eigenvalue weighted by molar-refractivity contribution is 7.49. The van der Waals surface area contributed by atoms with Crippen LogP contribution in [0, 0.1) is 0 Å². The Labute approximate surface area is 103 Å². The molecule has 0 aliphatic heterocycles. The van der Waals surface area contributed by atoms with Gasteiger partial charge in [0.05, 0.1) is 5.30 Å². The summed E-state index contributed by atoms with van der Waals surface area (Å²) in [6.07, 6.45) is 0. The van der Waals surface area contributed by atoms with Gasteiger partial charge in [0.1, 0.15) is 5.69 Å². The fourth-order valence-corrected chi connectivity index (χ4v) is 2.86. The largest absolute Gasteiger partial charge is 0.364 e. The van der Waals surface area contributed by atoms with Gasteiger partial charge in [-0.2, -0.15) is 0 Å². The Balaban J connectivity index is 2.82. The van der Waals surface area contributed by atoms with Gasteiger partial charge in [-0.25, -0.2) is 0 Å². The number of hydrogen-bond acceptors (Lipinski definition) is 3. The van der Waals surface area contributed by atoms with Gasteiger partial charge < -0.3 is 15.2 Å². The molecule has 1 atom stereocenters. The predicted molar refractivity (Wildman–Crippen MR) is 67.5 cm³/mol. The normalized spacial score (nSPS) is 12.8. The van der Waals surface area contributed by atoms with E-state index in [0.29, 0.717) is 21.2 Å². The van der Waals surface area contributed by atoms with Crippen LogP contribution >= 0.6 is 19.6 Å². The van der Waals surface area contributed by atoms with E-state index in [0.717, 1.165) is 0 Å². The molecule has 1 unspecified atom stereocenters. The molecule has 7 heteroatoms. The van der Waals surface area contributed by atoms with E-state index in [-0.39, 0.29) is 5.69 Å². The van der Waals surface area contributed by atoms with Gasteiger partial charge in [0.15, 0.2) is 0 Å². The Bertz CT molecular complexity index is 623. The van der Waals surface area contributed by atoms with E-state index >= 15 is 0 Å². The Morgan fingerprint density at radius 3 is 2.82 bits per heavy atom. The second-order valence-corrected chi connectivity index (χ2v) is 5.34. The first-order valence-electron chi connectivity index (χ1n) is 4.74. The standard InChI is InChI=1S/C10H10ClN2O3P/c1-16-17(15)9-6-4-5(11)2-3-7(6)13-8(9)10(12)14/h2-4,13,17H,1H3,(H2,12,14). The van der Waals surface area contributed by atoms with E-state index in [1.54, 1.807) is 18.2 Å². The molecule has 1 amide bonds. The molecule has 0 spiro atoms. The summed E-state index contributed by atoms with van der Waals surface area (Å²) in [5.41, 5.74) is 5.98. The number of primary amides is 1. The second kappa shape index (κ2) is 4.53. The molecule has 2 rings (SSSR count). The lowest BCUT2D eigenvalue weighted by Crippen LogP contribution is -2.19. The summed E-state index contributed by atoms with van der Waals surface area (Å²) in [7, 11) is -1.21. The number of nitrogens with one attached hydrogen (secondary N) is 1. The van der Waals surface area contributed by atoms with Crippen LogP contribution in [0.2, 0.25) is 5.02 Å². The van der Waals surface area contributed by atoms with Crippen LogP contribution in [-0.2, 0) is 9.09 Å². The average Bonchev–Trinajstić information content (AvgIpc) is 2.66. The summed E-state index contributed by atoms with van der Waals surface area (Å²) in [4.78, 5) is 14.1. The Kier molecular flexibility index (Phi) is 3.24. The van der Waals surface area contributed by atoms with Crippen molar-refractivity contribution in [3.63, 3.8) is 0 Å². The molecule has 0 bridgehead atoms. The van der Waals surface area contributed by atoms with Gasteiger partial charge in [-0.15, -0.1) is 0 Å². The molecule has 5 nitrogen and oxygen atoms in total. The topological polar surface area (TPSA) is 85.2 Å². The van der Waals surface area contributed by atoms with Crippen LogP contribution < -0.4 is 11.0 Å². The summed E-state index contributed by atoms with van der Waals surface area (Å²) in [6, 6.07) is 4.98. The number of nitrogens with two attached hydrogens (primary N) is 1. The second-order valence-electron chi connectivity index (χ2n) is 3.42. The molecule has 17 heavy (non-hydrogen) atoms. The van der Waals surface area contributed by atoms with Crippen LogP contribution in [0.25, 0.3) is 10.9 Å². The monoisotopic (exact) mass is 272 g/mol. The number of fused-ring (bicyclic) bond motifs is 1. The van der Waals surface area contributed by atoms with Gasteiger partial charge in [0.2, 0.25) is 8.03 Å². The fourth-order valence-electron chi connectivity index (χ4n) is 1.66. The first kappa shape index (κ1) is 12.2. The molecule has 0 radical (unpaired) electrons. The smallest absolute Gasteiger partial charge is 0.266 e. The van der Waals surface area contributed by atoms with Gasteiger partial charge in [-0.1, -0.05) is 11.6 Å². The number of aromatic amines is 1. The zero-order valence-electron chi connectivity index (χ0n) is 8.91. The summed E-state index contributed by atoms with van der Waals surface area (Å²) in [5, 5.41) is 1.37. The first-order chi connectivity index (χ1) is 8.04. The molecular weight excluding hydrogens is 263 g/mol. The van der Waals surface area contributed by atoms with Crippen molar-refractivity contribution in [3.8, 4) is 0 Å². The molecule has 0 saturated heterocycles. The van der Waals surface area contributed by atoms with Crippen molar-refractivity contribution in [1.82, 2.24) is 4.98 Å². The van der Waals surface area contributed by atoms with Gasteiger partial charge in [-0.3, -0.25) is 9.36 Å². The molecule has 0 saturated carbocycles. The molecule has 1 aromatic carbocycles. The van der Waals surface area contributed by atoms with Crippen LogP contribution in [0.4, 0.5) is 0 Å². The van der Waals surface area contributed by atoms with Crippen molar-refractivity contribution in [2.45, 2.75) is 0 Å². The molecule has 90 valence electrons. The number of hydrogen-bond donors (Lipinski definition) is 2. The highest BCUT2D eigenvalue weighted by atomic mass is 35.5. The minimum absolute atomic E-state index is 0.105. The minimum atomic E-state index is -2.52. The molecule has 1 heterocycles. The van der Waals surface area contributed by atoms with Crippen molar-refractivity contribution in [3.05, 3.63) is 28.9 Å². The van der Waals surface area contributed by atoms with E-state index in [4.69, 9.17) is 21.9 Å². The lowest BCUT2D eigenvalue weighted by atomic mass is 10.2. The number of amides is 1. The summed E-state index contributed by atoms with van der Waals surface area (Å²) in [6.45, 7) is 0. The van der Waals surface area contributed by atoms with Crippen molar-refractivity contribution >= 4 is 41.7 Å². The number of carbonyl (C=O) groups excluding carboxylic acids is 1. The van der Waals surface area contributed by atoms with Crippen molar-refractivity contribution in [1.29, 1.82) is 0 Å².